The monoisotopic (exact) mass is 462 g/mol. The number of thiazole rings is 1. The quantitative estimate of drug-likeness (QED) is 0.272. The minimum Gasteiger partial charge on any atom is -0.459 e. The van der Waals surface area contributed by atoms with Crippen molar-refractivity contribution in [2.45, 2.75) is 24.8 Å². The summed E-state index contributed by atoms with van der Waals surface area (Å²) >= 11 is 2.83. The van der Waals surface area contributed by atoms with Crippen LogP contribution in [0.1, 0.15) is 16.3 Å². The van der Waals surface area contributed by atoms with E-state index in [1.54, 1.807) is 0 Å². The van der Waals surface area contributed by atoms with E-state index in [0.29, 0.717) is 10.7 Å². The number of aryl methyl sites for hydroxylation is 1. The zero-order chi connectivity index (χ0) is 22.3. The van der Waals surface area contributed by atoms with Gasteiger partial charge in [-0.05, 0) is 42.0 Å². The first-order chi connectivity index (χ1) is 15.5. The molecule has 3 aromatic carbocycles. The standard InChI is InChI=1S/C25H22N2O3S2/c1-17-6-9-20(10-7-17)26-23(28)13-24-27-21(15-32-24)14-30-25(29)16-31-22-11-8-18-4-2-3-5-19(18)12-22/h2-12,15H,13-14,16H2,1H3,(H,26,28). The molecule has 0 atom stereocenters. The van der Waals surface area contributed by atoms with Gasteiger partial charge in [-0.1, -0.05) is 48.0 Å². The van der Waals surface area contributed by atoms with E-state index in [9.17, 15) is 9.59 Å². The Morgan fingerprint density at radius 1 is 1.03 bits per heavy atom. The minimum atomic E-state index is -0.296. The van der Waals surface area contributed by atoms with Crippen LogP contribution in [0.4, 0.5) is 5.69 Å². The van der Waals surface area contributed by atoms with E-state index >= 15 is 0 Å². The summed E-state index contributed by atoms with van der Waals surface area (Å²) in [6.45, 7) is 2.10. The number of benzene rings is 3. The smallest absolute Gasteiger partial charge is 0.316 e. The molecule has 32 heavy (non-hydrogen) atoms. The van der Waals surface area contributed by atoms with E-state index in [2.05, 4.69) is 34.6 Å². The van der Waals surface area contributed by atoms with Gasteiger partial charge in [-0.2, -0.15) is 0 Å². The van der Waals surface area contributed by atoms with Crippen molar-refractivity contribution in [3.8, 4) is 0 Å². The average Bonchev–Trinajstić information content (AvgIpc) is 3.24. The molecule has 4 rings (SSSR count). The number of nitrogens with zero attached hydrogens (tertiary/aromatic N) is 1. The fraction of sp³-hybridized carbons (Fsp3) is 0.160. The molecule has 0 radical (unpaired) electrons. The summed E-state index contributed by atoms with van der Waals surface area (Å²) in [6.07, 6.45) is 0.185. The van der Waals surface area contributed by atoms with E-state index in [0.717, 1.165) is 21.5 Å². The van der Waals surface area contributed by atoms with Gasteiger partial charge in [0.25, 0.3) is 0 Å². The maximum atomic E-state index is 12.2. The van der Waals surface area contributed by atoms with Crippen molar-refractivity contribution in [2.75, 3.05) is 11.1 Å². The predicted octanol–water partition coefficient (Wildman–Crippen LogP) is 5.62. The summed E-state index contributed by atoms with van der Waals surface area (Å²) in [5.41, 5.74) is 2.55. The molecule has 162 valence electrons. The molecule has 0 unspecified atom stereocenters. The predicted molar refractivity (Wildman–Crippen MR) is 130 cm³/mol. The van der Waals surface area contributed by atoms with E-state index in [4.69, 9.17) is 4.74 Å². The first-order valence-electron chi connectivity index (χ1n) is 10.1. The molecule has 0 aliphatic rings. The summed E-state index contributed by atoms with van der Waals surface area (Å²) in [5, 5.41) is 7.68. The number of ether oxygens (including phenoxy) is 1. The van der Waals surface area contributed by atoms with Crippen molar-refractivity contribution in [1.82, 2.24) is 4.98 Å². The van der Waals surface area contributed by atoms with Gasteiger partial charge >= 0.3 is 5.97 Å². The maximum Gasteiger partial charge on any atom is 0.316 e. The Morgan fingerprint density at radius 3 is 2.62 bits per heavy atom. The Hall–Kier alpha value is -3.16. The van der Waals surface area contributed by atoms with Crippen LogP contribution < -0.4 is 5.32 Å². The minimum absolute atomic E-state index is 0.104. The van der Waals surface area contributed by atoms with E-state index in [1.165, 1.54) is 28.5 Å². The van der Waals surface area contributed by atoms with Crippen LogP contribution in [-0.4, -0.2) is 22.6 Å². The van der Waals surface area contributed by atoms with Crippen molar-refractivity contribution in [3.63, 3.8) is 0 Å². The third kappa shape index (κ3) is 6.18. The van der Waals surface area contributed by atoms with Crippen LogP contribution in [0, 0.1) is 6.92 Å². The van der Waals surface area contributed by atoms with Gasteiger partial charge in [0.15, 0.2) is 0 Å². The van der Waals surface area contributed by atoms with Crippen LogP contribution in [-0.2, 0) is 27.4 Å². The third-order valence-corrected chi connectivity index (χ3v) is 6.57. The van der Waals surface area contributed by atoms with Crippen molar-refractivity contribution >= 4 is 51.4 Å². The number of hydrogen-bond donors (Lipinski definition) is 1. The molecule has 0 aliphatic heterocycles. The number of carbonyl (C=O) groups is 2. The van der Waals surface area contributed by atoms with Gasteiger partial charge in [-0.3, -0.25) is 9.59 Å². The van der Waals surface area contributed by atoms with Gasteiger partial charge in [0.1, 0.15) is 11.6 Å². The van der Waals surface area contributed by atoms with Gasteiger partial charge in [0, 0.05) is 16.0 Å². The molecule has 4 aromatic rings. The number of anilines is 1. The van der Waals surface area contributed by atoms with Crippen LogP contribution in [0.2, 0.25) is 0 Å². The summed E-state index contributed by atoms with van der Waals surface area (Å²) in [6, 6.07) is 21.9. The Kier molecular flexibility index (Phi) is 7.19. The number of esters is 1. The summed E-state index contributed by atoms with van der Waals surface area (Å²) < 4.78 is 5.35. The van der Waals surface area contributed by atoms with Crippen molar-refractivity contribution in [2.24, 2.45) is 0 Å². The molecule has 1 N–H and O–H groups in total. The van der Waals surface area contributed by atoms with Crippen LogP contribution >= 0.6 is 23.1 Å². The highest BCUT2D eigenvalue weighted by Crippen LogP contribution is 2.24. The first kappa shape index (κ1) is 22.0. The second-order valence-electron chi connectivity index (χ2n) is 7.28. The number of fused-ring (bicyclic) bond motifs is 1. The lowest BCUT2D eigenvalue weighted by molar-refractivity contribution is -0.141. The first-order valence-corrected chi connectivity index (χ1v) is 12.0. The van der Waals surface area contributed by atoms with E-state index in [1.807, 2.05) is 54.8 Å². The summed E-state index contributed by atoms with van der Waals surface area (Å²) in [7, 11) is 0. The second-order valence-corrected chi connectivity index (χ2v) is 9.27. The highest BCUT2D eigenvalue weighted by molar-refractivity contribution is 8.00. The fourth-order valence-electron chi connectivity index (χ4n) is 3.07. The highest BCUT2D eigenvalue weighted by atomic mass is 32.2. The lowest BCUT2D eigenvalue weighted by Crippen LogP contribution is -2.14. The molecular formula is C25H22N2O3S2. The largest absolute Gasteiger partial charge is 0.459 e. The SMILES string of the molecule is Cc1ccc(NC(=O)Cc2nc(COC(=O)CSc3ccc4ccccc4c3)cs2)cc1. The lowest BCUT2D eigenvalue weighted by atomic mass is 10.1. The number of aromatic nitrogens is 1. The normalized spacial score (nSPS) is 10.8. The van der Waals surface area contributed by atoms with Gasteiger partial charge in [0.2, 0.25) is 5.91 Å². The van der Waals surface area contributed by atoms with Gasteiger partial charge in [-0.15, -0.1) is 23.1 Å². The molecule has 0 saturated heterocycles. The zero-order valence-electron chi connectivity index (χ0n) is 17.5. The van der Waals surface area contributed by atoms with Crippen LogP contribution in [0.3, 0.4) is 0 Å². The Bertz CT molecular complexity index is 1240. The van der Waals surface area contributed by atoms with E-state index < -0.39 is 0 Å². The van der Waals surface area contributed by atoms with Crippen LogP contribution in [0.5, 0.6) is 0 Å². The topological polar surface area (TPSA) is 68.3 Å². The number of nitrogens with one attached hydrogen (secondary N) is 1. The average molecular weight is 463 g/mol. The summed E-state index contributed by atoms with van der Waals surface area (Å²) in [4.78, 5) is 29.8. The maximum absolute atomic E-state index is 12.2. The van der Waals surface area contributed by atoms with Crippen molar-refractivity contribution < 1.29 is 14.3 Å². The number of rotatable bonds is 8. The van der Waals surface area contributed by atoms with Crippen molar-refractivity contribution in [3.05, 3.63) is 88.4 Å². The molecule has 0 spiro atoms. The molecule has 5 nitrogen and oxygen atoms in total. The van der Waals surface area contributed by atoms with Crippen LogP contribution in [0.25, 0.3) is 10.8 Å². The Balaban J connectivity index is 1.22. The molecule has 1 heterocycles. The molecule has 0 aliphatic carbocycles. The molecule has 1 aromatic heterocycles. The second kappa shape index (κ2) is 10.4. The molecule has 0 fully saturated rings. The number of carbonyl (C=O) groups excluding carboxylic acids is 2. The third-order valence-electron chi connectivity index (χ3n) is 4.71. The number of amides is 1. The highest BCUT2D eigenvalue weighted by Gasteiger charge is 2.11. The number of hydrogen-bond acceptors (Lipinski definition) is 6. The lowest BCUT2D eigenvalue weighted by Gasteiger charge is -2.05. The molecule has 0 saturated carbocycles. The van der Waals surface area contributed by atoms with Crippen LogP contribution in [0.15, 0.2) is 77.0 Å². The van der Waals surface area contributed by atoms with Gasteiger partial charge in [0.05, 0.1) is 17.9 Å². The Morgan fingerprint density at radius 2 is 1.81 bits per heavy atom. The van der Waals surface area contributed by atoms with Crippen molar-refractivity contribution in [1.29, 1.82) is 0 Å². The molecule has 1 amide bonds. The zero-order valence-corrected chi connectivity index (χ0v) is 19.2. The summed E-state index contributed by atoms with van der Waals surface area (Å²) in [5.74, 6) is -0.192. The molecule has 7 heteroatoms. The van der Waals surface area contributed by atoms with Gasteiger partial charge in [-0.25, -0.2) is 4.98 Å². The Labute approximate surface area is 194 Å². The fourth-order valence-corrected chi connectivity index (χ4v) is 4.59. The number of thioether (sulfide) groups is 1. The molecule has 0 bridgehead atoms. The van der Waals surface area contributed by atoms with Gasteiger partial charge < -0.3 is 10.1 Å². The van der Waals surface area contributed by atoms with E-state index in [-0.39, 0.29) is 30.7 Å². The molecular weight excluding hydrogens is 440 g/mol.